The number of carbonyl (C=O) groups excluding carboxylic acids is 1. The zero-order valence-electron chi connectivity index (χ0n) is 32.5. The van der Waals surface area contributed by atoms with Crippen LogP contribution in [0, 0.1) is 0 Å². The van der Waals surface area contributed by atoms with Crippen molar-refractivity contribution in [2.45, 2.75) is 154 Å². The number of carbonyl (C=O) groups is 1. The van der Waals surface area contributed by atoms with E-state index in [1.807, 2.05) is 6.08 Å². The lowest BCUT2D eigenvalue weighted by molar-refractivity contribution is -0.154. The van der Waals surface area contributed by atoms with Crippen LogP contribution in [0.15, 0.2) is 72.9 Å². The van der Waals surface area contributed by atoms with E-state index in [0.717, 1.165) is 64.2 Å². The van der Waals surface area contributed by atoms with Gasteiger partial charge in [0.2, 0.25) is 0 Å². The van der Waals surface area contributed by atoms with E-state index in [1.54, 1.807) is 0 Å². The molecule has 3 N–H and O–H groups in total. The average Bonchev–Trinajstić information content (AvgIpc) is 3.13. The largest absolute Gasteiger partial charge is 0.472 e. The summed E-state index contributed by atoms with van der Waals surface area (Å²) >= 11 is 0. The number of hydrogen-bond donors (Lipinski definition) is 3. The number of hydrogen-bond acceptors (Lipinski definition) is 8. The van der Waals surface area contributed by atoms with E-state index in [0.29, 0.717) is 19.4 Å². The maximum Gasteiger partial charge on any atom is 0.472 e. The van der Waals surface area contributed by atoms with Gasteiger partial charge < -0.3 is 24.6 Å². The van der Waals surface area contributed by atoms with Gasteiger partial charge in [-0.2, -0.15) is 0 Å². The fourth-order valence-corrected chi connectivity index (χ4v) is 5.67. The quantitative estimate of drug-likeness (QED) is 0.0245. The summed E-state index contributed by atoms with van der Waals surface area (Å²) in [5, 5.41) is 18.3. The molecule has 0 rings (SSSR count). The Labute approximate surface area is 316 Å². The summed E-state index contributed by atoms with van der Waals surface area (Å²) in [6, 6.07) is 0. The topological polar surface area (TPSA) is 132 Å². The number of unbranched alkanes of at least 4 members (excludes halogenated alkanes) is 11. The highest BCUT2D eigenvalue weighted by atomic mass is 31.2. The molecule has 0 heterocycles. The van der Waals surface area contributed by atoms with Gasteiger partial charge in [-0.15, -0.1) is 0 Å². The first-order valence-electron chi connectivity index (χ1n) is 19.9. The molecule has 0 saturated carbocycles. The van der Waals surface area contributed by atoms with E-state index in [-0.39, 0.29) is 13.0 Å². The van der Waals surface area contributed by atoms with Crippen molar-refractivity contribution in [1.29, 1.82) is 0 Å². The molecule has 3 atom stereocenters. The van der Waals surface area contributed by atoms with Gasteiger partial charge in [0.05, 0.1) is 33.0 Å². The second kappa shape index (κ2) is 38.6. The first-order valence-corrected chi connectivity index (χ1v) is 21.4. The molecule has 0 aromatic heterocycles. The van der Waals surface area contributed by atoms with Crippen LogP contribution in [0.3, 0.4) is 0 Å². The number of rotatable bonds is 37. The maximum atomic E-state index is 12.6. The van der Waals surface area contributed by atoms with Gasteiger partial charge in [0.1, 0.15) is 12.2 Å². The van der Waals surface area contributed by atoms with Crippen LogP contribution < -0.4 is 0 Å². The summed E-state index contributed by atoms with van der Waals surface area (Å²) in [6.07, 6.45) is 44.5. The van der Waals surface area contributed by atoms with Gasteiger partial charge in [0.25, 0.3) is 0 Å². The summed E-state index contributed by atoms with van der Waals surface area (Å²) < 4.78 is 33.1. The van der Waals surface area contributed by atoms with Gasteiger partial charge in [-0.3, -0.25) is 13.8 Å². The minimum absolute atomic E-state index is 0.0118. The van der Waals surface area contributed by atoms with E-state index in [4.69, 9.17) is 23.6 Å². The Morgan fingerprint density at radius 2 is 1.10 bits per heavy atom. The summed E-state index contributed by atoms with van der Waals surface area (Å²) in [5.74, 6) is -0.419. The van der Waals surface area contributed by atoms with E-state index in [9.17, 15) is 19.4 Å². The molecular formula is C42H73O9P. The minimum Gasteiger partial charge on any atom is -0.457 e. The van der Waals surface area contributed by atoms with Gasteiger partial charge in [0, 0.05) is 6.42 Å². The van der Waals surface area contributed by atoms with Crippen molar-refractivity contribution in [3.05, 3.63) is 72.9 Å². The predicted octanol–water partition coefficient (Wildman–Crippen LogP) is 10.6. The molecule has 52 heavy (non-hydrogen) atoms. The zero-order chi connectivity index (χ0) is 38.2. The number of ether oxygens (including phenoxy) is 2. The van der Waals surface area contributed by atoms with Crippen molar-refractivity contribution in [1.82, 2.24) is 0 Å². The van der Waals surface area contributed by atoms with Crippen LogP contribution in [0.1, 0.15) is 142 Å². The third kappa shape index (κ3) is 37.7. The first kappa shape index (κ1) is 49.9. The van der Waals surface area contributed by atoms with Crippen molar-refractivity contribution in [3.63, 3.8) is 0 Å². The Morgan fingerprint density at radius 3 is 1.65 bits per heavy atom. The van der Waals surface area contributed by atoms with Crippen molar-refractivity contribution in [2.75, 3.05) is 33.0 Å². The lowest BCUT2D eigenvalue weighted by Gasteiger charge is -2.20. The lowest BCUT2D eigenvalue weighted by atomic mass is 10.1. The molecule has 9 nitrogen and oxygen atoms in total. The van der Waals surface area contributed by atoms with E-state index < -0.39 is 45.8 Å². The fraction of sp³-hybridized carbons (Fsp3) is 0.690. The molecule has 0 saturated heterocycles. The van der Waals surface area contributed by atoms with E-state index in [2.05, 4.69) is 80.7 Å². The molecule has 0 fully saturated rings. The smallest absolute Gasteiger partial charge is 0.457 e. The van der Waals surface area contributed by atoms with Crippen molar-refractivity contribution in [2.24, 2.45) is 0 Å². The number of esters is 1. The van der Waals surface area contributed by atoms with E-state index in [1.165, 1.54) is 44.9 Å². The molecule has 0 bridgehead atoms. The van der Waals surface area contributed by atoms with Crippen LogP contribution in [-0.2, 0) is 27.9 Å². The lowest BCUT2D eigenvalue weighted by Crippen LogP contribution is -2.29. The monoisotopic (exact) mass is 752 g/mol. The number of allylic oxidation sites excluding steroid dienone is 11. The Bertz CT molecular complexity index is 1030. The molecular weight excluding hydrogens is 679 g/mol. The Morgan fingerprint density at radius 1 is 0.615 bits per heavy atom. The molecule has 0 aliphatic rings. The molecule has 0 amide bonds. The van der Waals surface area contributed by atoms with Crippen LogP contribution in [0.5, 0.6) is 0 Å². The molecule has 10 heteroatoms. The normalized spacial score (nSPS) is 14.9. The predicted molar refractivity (Wildman–Crippen MR) is 214 cm³/mol. The van der Waals surface area contributed by atoms with Gasteiger partial charge in [-0.1, -0.05) is 138 Å². The molecule has 0 aromatic rings. The summed E-state index contributed by atoms with van der Waals surface area (Å²) in [7, 11) is -4.54. The Hall–Kier alpha value is -2.10. The van der Waals surface area contributed by atoms with Crippen molar-refractivity contribution < 1.29 is 43.0 Å². The summed E-state index contributed by atoms with van der Waals surface area (Å²) in [6.45, 7) is 3.13. The summed E-state index contributed by atoms with van der Waals surface area (Å²) in [4.78, 5) is 22.5. The molecule has 0 aliphatic carbocycles. The maximum absolute atomic E-state index is 12.6. The number of aliphatic hydroxyl groups excluding tert-OH is 2. The van der Waals surface area contributed by atoms with Crippen molar-refractivity contribution in [3.8, 4) is 0 Å². The zero-order valence-corrected chi connectivity index (χ0v) is 33.4. The third-order valence-electron chi connectivity index (χ3n) is 7.90. The molecule has 300 valence electrons. The fourth-order valence-electron chi connectivity index (χ4n) is 4.88. The van der Waals surface area contributed by atoms with Gasteiger partial charge >= 0.3 is 13.8 Å². The second-order valence-corrected chi connectivity index (χ2v) is 14.4. The molecule has 0 aliphatic heterocycles. The summed E-state index contributed by atoms with van der Waals surface area (Å²) in [5.41, 5.74) is 0. The average molecular weight is 753 g/mol. The van der Waals surface area contributed by atoms with Crippen LogP contribution in [-0.4, -0.2) is 66.3 Å². The standard InChI is InChI=1S/C42H73O9P/c1-3-5-7-9-11-13-15-17-19-21-23-25-27-29-31-33-35-48-38-41(39-50-52(46,47)49-37-40(44)36-43)51-42(45)34-32-30-28-26-24-22-20-18-16-14-12-10-8-6-4-2/h5,7,11,13,17-20,23,25,29,31,40-41,43-44H,3-4,6,8-10,12,14-16,21-22,24,26-28,30,32-39H2,1-2H3,(H,46,47)/b7-5-,13-11-,19-17-,20-18-,25-23-,31-29-. The highest BCUT2D eigenvalue weighted by Crippen LogP contribution is 2.43. The Balaban J connectivity index is 4.37. The van der Waals surface area contributed by atoms with Gasteiger partial charge in [0.15, 0.2) is 0 Å². The highest BCUT2D eigenvalue weighted by Gasteiger charge is 2.26. The molecule has 3 unspecified atom stereocenters. The number of phosphoric ester groups is 1. The van der Waals surface area contributed by atoms with E-state index >= 15 is 0 Å². The van der Waals surface area contributed by atoms with Crippen LogP contribution in [0.2, 0.25) is 0 Å². The number of phosphoric acid groups is 1. The van der Waals surface area contributed by atoms with Crippen LogP contribution in [0.25, 0.3) is 0 Å². The number of aliphatic hydroxyl groups is 2. The highest BCUT2D eigenvalue weighted by molar-refractivity contribution is 7.47. The Kier molecular flexibility index (Phi) is 37.1. The SMILES string of the molecule is CC/C=C\C/C=C\C/C=C\C/C=C\C/C=C\CCOCC(COP(=O)(O)OCC(O)CO)OC(=O)CCCCCCC/C=C\CCCCCCCC. The molecule has 0 aromatic carbocycles. The molecule has 0 spiro atoms. The second-order valence-electron chi connectivity index (χ2n) is 12.9. The minimum atomic E-state index is -4.54. The first-order chi connectivity index (χ1) is 25.3. The van der Waals surface area contributed by atoms with Gasteiger partial charge in [-0.05, 0) is 70.6 Å². The van der Waals surface area contributed by atoms with Crippen LogP contribution >= 0.6 is 7.82 Å². The van der Waals surface area contributed by atoms with Gasteiger partial charge in [-0.25, -0.2) is 4.57 Å². The van der Waals surface area contributed by atoms with Crippen molar-refractivity contribution >= 4 is 13.8 Å². The van der Waals surface area contributed by atoms with Crippen LogP contribution in [0.4, 0.5) is 0 Å². The third-order valence-corrected chi connectivity index (χ3v) is 8.85. The molecule has 0 radical (unpaired) electrons.